The van der Waals surface area contributed by atoms with Crippen LogP contribution in [-0.2, 0) is 0 Å². The lowest BCUT2D eigenvalue weighted by Crippen LogP contribution is -2.22. The molecule has 0 heterocycles. The number of nitrogens with two attached hydrogens (primary N) is 1. The molecule has 0 atom stereocenters. The molecule has 0 aliphatic heterocycles. The second kappa shape index (κ2) is 7.28. The fraction of sp³-hybridized carbons (Fsp3) is 0.118. The molecule has 7 nitrogen and oxygen atoms in total. The van der Waals surface area contributed by atoms with Crippen molar-refractivity contribution in [3.05, 3.63) is 59.7 Å². The van der Waals surface area contributed by atoms with Gasteiger partial charge in [-0.25, -0.2) is 4.79 Å². The van der Waals surface area contributed by atoms with E-state index >= 15 is 0 Å². The van der Waals surface area contributed by atoms with Crippen molar-refractivity contribution in [2.75, 3.05) is 24.7 Å². The number of amides is 4. The van der Waals surface area contributed by atoms with Gasteiger partial charge in [0.1, 0.15) is 0 Å². The number of hydrogen-bond donors (Lipinski definition) is 3. The quantitative estimate of drug-likeness (QED) is 0.801. The van der Waals surface area contributed by atoms with Gasteiger partial charge >= 0.3 is 6.03 Å². The van der Waals surface area contributed by atoms with Crippen LogP contribution < -0.4 is 16.4 Å². The average molecular weight is 326 g/mol. The lowest BCUT2D eigenvalue weighted by molar-refractivity contribution is 0.0827. The normalized spacial score (nSPS) is 9.92. The molecule has 2 rings (SSSR count). The van der Waals surface area contributed by atoms with Gasteiger partial charge in [-0.05, 0) is 42.5 Å². The Labute approximate surface area is 139 Å². The molecule has 0 saturated carbocycles. The summed E-state index contributed by atoms with van der Waals surface area (Å²) in [5, 5.41) is 5.15. The Morgan fingerprint density at radius 2 is 1.54 bits per heavy atom. The van der Waals surface area contributed by atoms with Crippen molar-refractivity contribution in [3.63, 3.8) is 0 Å². The molecule has 7 heteroatoms. The largest absolute Gasteiger partial charge is 0.351 e. The summed E-state index contributed by atoms with van der Waals surface area (Å²) in [4.78, 5) is 36.4. The van der Waals surface area contributed by atoms with Gasteiger partial charge in [0.25, 0.3) is 11.8 Å². The van der Waals surface area contributed by atoms with E-state index < -0.39 is 6.03 Å². The molecule has 0 radical (unpaired) electrons. The molecular formula is C17H18N4O3. The summed E-state index contributed by atoms with van der Waals surface area (Å²) in [6.45, 7) is 0. The van der Waals surface area contributed by atoms with Crippen molar-refractivity contribution < 1.29 is 14.4 Å². The summed E-state index contributed by atoms with van der Waals surface area (Å²) in [7, 11) is 3.32. The Kier molecular flexibility index (Phi) is 5.16. The molecular weight excluding hydrogens is 308 g/mol. The molecule has 4 amide bonds. The SMILES string of the molecule is CN(C)C(=O)c1cccc(NC(=O)c2ccc(NC(N)=O)cc2)c1. The number of rotatable bonds is 4. The number of benzene rings is 2. The molecule has 124 valence electrons. The molecule has 0 saturated heterocycles. The van der Waals surface area contributed by atoms with Gasteiger partial charge in [0.05, 0.1) is 0 Å². The highest BCUT2D eigenvalue weighted by atomic mass is 16.2. The molecule has 0 unspecified atom stereocenters. The van der Waals surface area contributed by atoms with Gasteiger partial charge in [0.2, 0.25) is 0 Å². The van der Waals surface area contributed by atoms with Crippen LogP contribution in [0.25, 0.3) is 0 Å². The van der Waals surface area contributed by atoms with Crippen LogP contribution in [0.1, 0.15) is 20.7 Å². The Morgan fingerprint density at radius 3 is 2.12 bits per heavy atom. The number of hydrogen-bond acceptors (Lipinski definition) is 3. The van der Waals surface area contributed by atoms with Crippen molar-refractivity contribution in [1.82, 2.24) is 4.90 Å². The van der Waals surface area contributed by atoms with Gasteiger partial charge in [-0.15, -0.1) is 0 Å². The molecule has 4 N–H and O–H groups in total. The van der Waals surface area contributed by atoms with Crippen LogP contribution in [0.5, 0.6) is 0 Å². The smallest absolute Gasteiger partial charge is 0.316 e. The number of nitrogens with one attached hydrogen (secondary N) is 2. The maximum atomic E-state index is 12.2. The number of carbonyl (C=O) groups is 3. The summed E-state index contributed by atoms with van der Waals surface area (Å²) >= 11 is 0. The van der Waals surface area contributed by atoms with Crippen LogP contribution in [0.3, 0.4) is 0 Å². The molecule has 0 spiro atoms. The van der Waals surface area contributed by atoms with E-state index in [1.807, 2.05) is 0 Å². The maximum Gasteiger partial charge on any atom is 0.316 e. The Morgan fingerprint density at radius 1 is 0.875 bits per heavy atom. The minimum Gasteiger partial charge on any atom is -0.351 e. The van der Waals surface area contributed by atoms with Crippen LogP contribution in [-0.4, -0.2) is 36.8 Å². The van der Waals surface area contributed by atoms with Crippen molar-refractivity contribution in [2.45, 2.75) is 0 Å². The second-order valence-corrected chi connectivity index (χ2v) is 5.30. The first-order valence-electron chi connectivity index (χ1n) is 7.16. The highest BCUT2D eigenvalue weighted by Crippen LogP contribution is 2.15. The van der Waals surface area contributed by atoms with Crippen molar-refractivity contribution in [1.29, 1.82) is 0 Å². The van der Waals surface area contributed by atoms with E-state index in [1.54, 1.807) is 62.6 Å². The topological polar surface area (TPSA) is 105 Å². The Balaban J connectivity index is 2.10. The molecule has 0 fully saturated rings. The average Bonchev–Trinajstić information content (AvgIpc) is 2.54. The Hall–Kier alpha value is -3.35. The van der Waals surface area contributed by atoms with Gasteiger partial charge in [-0.2, -0.15) is 0 Å². The minimum atomic E-state index is -0.672. The van der Waals surface area contributed by atoms with Gasteiger partial charge in [-0.3, -0.25) is 9.59 Å². The summed E-state index contributed by atoms with van der Waals surface area (Å²) in [6.07, 6.45) is 0. The number of urea groups is 1. The summed E-state index contributed by atoms with van der Waals surface area (Å²) in [5.74, 6) is -0.469. The van der Waals surface area contributed by atoms with Crippen molar-refractivity contribution in [3.8, 4) is 0 Å². The summed E-state index contributed by atoms with van der Waals surface area (Å²) in [5.41, 5.74) is 6.94. The van der Waals surface area contributed by atoms with Gasteiger partial charge in [0.15, 0.2) is 0 Å². The lowest BCUT2D eigenvalue weighted by atomic mass is 10.1. The van der Waals surface area contributed by atoms with Gasteiger partial charge in [0, 0.05) is 36.6 Å². The molecule has 0 bridgehead atoms. The second-order valence-electron chi connectivity index (χ2n) is 5.30. The molecule has 2 aromatic rings. The number of nitrogens with zero attached hydrogens (tertiary/aromatic N) is 1. The minimum absolute atomic E-state index is 0.145. The van der Waals surface area contributed by atoms with Crippen LogP contribution in [0.2, 0.25) is 0 Å². The number of primary amides is 1. The van der Waals surface area contributed by atoms with E-state index in [-0.39, 0.29) is 11.8 Å². The molecule has 0 aliphatic rings. The van der Waals surface area contributed by atoms with E-state index in [1.165, 1.54) is 4.90 Å². The Bertz CT molecular complexity index is 770. The summed E-state index contributed by atoms with van der Waals surface area (Å²) in [6, 6.07) is 12.3. The summed E-state index contributed by atoms with van der Waals surface area (Å²) < 4.78 is 0. The highest BCUT2D eigenvalue weighted by molar-refractivity contribution is 6.05. The van der Waals surface area contributed by atoms with E-state index in [4.69, 9.17) is 5.73 Å². The highest BCUT2D eigenvalue weighted by Gasteiger charge is 2.10. The van der Waals surface area contributed by atoms with Crippen LogP contribution in [0.4, 0.5) is 16.2 Å². The molecule has 0 aliphatic carbocycles. The van der Waals surface area contributed by atoms with E-state index in [0.717, 1.165) is 0 Å². The fourth-order valence-electron chi connectivity index (χ4n) is 2.04. The van der Waals surface area contributed by atoms with E-state index in [2.05, 4.69) is 10.6 Å². The zero-order valence-electron chi connectivity index (χ0n) is 13.4. The lowest BCUT2D eigenvalue weighted by Gasteiger charge is -2.12. The van der Waals surface area contributed by atoms with Crippen molar-refractivity contribution in [2.24, 2.45) is 5.73 Å². The van der Waals surface area contributed by atoms with Crippen LogP contribution in [0.15, 0.2) is 48.5 Å². The predicted molar refractivity (Wildman–Crippen MR) is 92.1 cm³/mol. The van der Waals surface area contributed by atoms with Crippen molar-refractivity contribution >= 4 is 29.2 Å². The fourth-order valence-corrected chi connectivity index (χ4v) is 2.04. The third-order valence-corrected chi connectivity index (χ3v) is 3.19. The monoisotopic (exact) mass is 326 g/mol. The van der Waals surface area contributed by atoms with Crippen LogP contribution >= 0.6 is 0 Å². The van der Waals surface area contributed by atoms with E-state index in [9.17, 15) is 14.4 Å². The number of carbonyl (C=O) groups excluding carboxylic acids is 3. The van der Waals surface area contributed by atoms with Gasteiger partial charge in [-0.1, -0.05) is 6.07 Å². The third-order valence-electron chi connectivity index (χ3n) is 3.19. The maximum absolute atomic E-state index is 12.2. The molecule has 0 aromatic heterocycles. The van der Waals surface area contributed by atoms with Crippen LogP contribution in [0, 0.1) is 0 Å². The van der Waals surface area contributed by atoms with Gasteiger partial charge < -0.3 is 21.3 Å². The zero-order valence-corrected chi connectivity index (χ0v) is 13.4. The first-order chi connectivity index (χ1) is 11.4. The zero-order chi connectivity index (χ0) is 17.7. The molecule has 2 aromatic carbocycles. The number of anilines is 2. The first-order valence-corrected chi connectivity index (χ1v) is 7.16. The predicted octanol–water partition coefficient (Wildman–Crippen LogP) is 2.13. The third kappa shape index (κ3) is 4.33. The standard InChI is InChI=1S/C17H18N4O3/c1-21(2)16(23)12-4-3-5-14(10-12)19-15(22)11-6-8-13(9-7-11)20-17(18)24/h3-10H,1-2H3,(H,19,22)(H3,18,20,24). The first kappa shape index (κ1) is 17.0. The van der Waals surface area contributed by atoms with E-state index in [0.29, 0.717) is 22.5 Å². The molecule has 24 heavy (non-hydrogen) atoms.